The molecule has 0 aliphatic carbocycles. The van der Waals surface area contributed by atoms with E-state index in [1.807, 2.05) is 6.92 Å². The summed E-state index contributed by atoms with van der Waals surface area (Å²) in [5.74, 6) is 0.547. The maximum atomic E-state index is 11.7. The van der Waals surface area contributed by atoms with Crippen molar-refractivity contribution in [3.63, 3.8) is 0 Å². The molecule has 0 spiro atoms. The summed E-state index contributed by atoms with van der Waals surface area (Å²) in [6.45, 7) is 4.10. The predicted molar refractivity (Wildman–Crippen MR) is 67.7 cm³/mol. The third kappa shape index (κ3) is 3.45. The Labute approximate surface area is 105 Å². The first-order valence-electron chi connectivity index (χ1n) is 5.03. The minimum Gasteiger partial charge on any atom is -0.392 e. The number of hydrogen-bond donors (Lipinski definition) is 2. The van der Waals surface area contributed by atoms with Crippen LogP contribution in [0.2, 0.25) is 0 Å². The molecule has 1 atom stereocenters. The van der Waals surface area contributed by atoms with E-state index in [0.717, 1.165) is 0 Å². The van der Waals surface area contributed by atoms with E-state index in [4.69, 9.17) is 5.73 Å². The molecule has 96 valence electrons. The van der Waals surface area contributed by atoms with E-state index >= 15 is 0 Å². The summed E-state index contributed by atoms with van der Waals surface area (Å²) in [7, 11) is -3.56. The molecule has 3 N–H and O–H groups in total. The van der Waals surface area contributed by atoms with Crippen molar-refractivity contribution in [1.82, 2.24) is 19.5 Å². The number of nitrogens with two attached hydrogens (primary N) is 1. The minimum absolute atomic E-state index is 0.0607. The first-order valence-corrected chi connectivity index (χ1v) is 6.98. The number of sulfonamides is 1. The lowest BCUT2D eigenvalue weighted by atomic mass is 10.5. The molecule has 0 aliphatic rings. The summed E-state index contributed by atoms with van der Waals surface area (Å²) in [6.07, 6.45) is 1.54. The molecule has 0 saturated heterocycles. The number of nitrogens with one attached hydrogen (secondary N) is 1. The molecule has 17 heavy (non-hydrogen) atoms. The van der Waals surface area contributed by atoms with Crippen molar-refractivity contribution in [2.75, 3.05) is 0 Å². The Hall–Kier alpha value is -1.06. The van der Waals surface area contributed by atoms with E-state index in [1.165, 1.54) is 6.92 Å². The Morgan fingerprint density at radius 1 is 1.71 bits per heavy atom. The van der Waals surface area contributed by atoms with Gasteiger partial charge in [0, 0.05) is 6.54 Å². The molecule has 0 aromatic carbocycles. The average Bonchev–Trinajstić information content (AvgIpc) is 2.72. The maximum absolute atomic E-state index is 11.7. The average molecular weight is 277 g/mol. The van der Waals surface area contributed by atoms with Gasteiger partial charge in [0.25, 0.3) is 0 Å². The van der Waals surface area contributed by atoms with Crippen molar-refractivity contribution in [2.24, 2.45) is 5.73 Å². The van der Waals surface area contributed by atoms with Crippen LogP contribution in [0.3, 0.4) is 0 Å². The summed E-state index contributed by atoms with van der Waals surface area (Å²) in [5, 5.41) is 6.61. The first kappa shape index (κ1) is 14.0. The van der Waals surface area contributed by atoms with E-state index in [9.17, 15) is 8.42 Å². The van der Waals surface area contributed by atoms with Crippen molar-refractivity contribution < 1.29 is 8.42 Å². The van der Waals surface area contributed by atoms with Crippen LogP contribution in [-0.4, -0.2) is 33.4 Å². The van der Waals surface area contributed by atoms with Gasteiger partial charge in [-0.1, -0.05) is 12.2 Å². The Bertz CT molecular complexity index is 496. The highest BCUT2D eigenvalue weighted by Crippen LogP contribution is 2.01. The molecule has 0 bridgehead atoms. The van der Waals surface area contributed by atoms with E-state index in [2.05, 4.69) is 27.1 Å². The van der Waals surface area contributed by atoms with Gasteiger partial charge in [0.1, 0.15) is 17.4 Å². The van der Waals surface area contributed by atoms with E-state index in [0.29, 0.717) is 12.4 Å². The fourth-order valence-electron chi connectivity index (χ4n) is 1.12. The topological polar surface area (TPSA) is 103 Å². The van der Waals surface area contributed by atoms with Gasteiger partial charge in [-0.05, 0) is 13.8 Å². The standard InChI is InChI=1S/C8H15N5O2S2/c1-3-13-5-10-12-7(13)4-11-17(14,15)6(2)8(9)16/h5-6,11H,3-4H2,1-2H3,(H2,9,16). The van der Waals surface area contributed by atoms with Crippen molar-refractivity contribution in [2.45, 2.75) is 32.2 Å². The Kier molecular flexibility index (Phi) is 4.54. The molecule has 1 unspecified atom stereocenters. The van der Waals surface area contributed by atoms with Crippen LogP contribution < -0.4 is 10.5 Å². The monoisotopic (exact) mass is 277 g/mol. The number of thiocarbonyl (C=S) groups is 1. The number of nitrogens with zero attached hydrogens (tertiary/aromatic N) is 3. The number of aromatic nitrogens is 3. The lowest BCUT2D eigenvalue weighted by Gasteiger charge is -2.12. The van der Waals surface area contributed by atoms with Gasteiger partial charge < -0.3 is 10.3 Å². The van der Waals surface area contributed by atoms with Crippen LogP contribution in [-0.2, 0) is 23.1 Å². The SMILES string of the molecule is CCn1cnnc1CNS(=O)(=O)C(C)C(N)=S. The lowest BCUT2D eigenvalue weighted by molar-refractivity contribution is 0.572. The van der Waals surface area contributed by atoms with Crippen molar-refractivity contribution in [3.8, 4) is 0 Å². The second-order valence-electron chi connectivity index (χ2n) is 3.44. The molecule has 1 aromatic rings. The van der Waals surface area contributed by atoms with Crippen LogP contribution >= 0.6 is 12.2 Å². The summed E-state index contributed by atoms with van der Waals surface area (Å²) in [4.78, 5) is -0.0607. The molecular weight excluding hydrogens is 262 g/mol. The quantitative estimate of drug-likeness (QED) is 0.673. The number of rotatable bonds is 6. The fourth-order valence-corrected chi connectivity index (χ4v) is 2.39. The summed E-state index contributed by atoms with van der Waals surface area (Å²) in [6, 6.07) is 0. The molecule has 1 aromatic heterocycles. The van der Waals surface area contributed by atoms with Crippen molar-refractivity contribution in [1.29, 1.82) is 0 Å². The van der Waals surface area contributed by atoms with Gasteiger partial charge >= 0.3 is 0 Å². The van der Waals surface area contributed by atoms with Crippen LogP contribution in [0.25, 0.3) is 0 Å². The van der Waals surface area contributed by atoms with Crippen molar-refractivity contribution in [3.05, 3.63) is 12.2 Å². The molecule has 7 nitrogen and oxygen atoms in total. The van der Waals surface area contributed by atoms with Gasteiger partial charge in [0.2, 0.25) is 10.0 Å². The van der Waals surface area contributed by atoms with Crippen LogP contribution in [0.1, 0.15) is 19.7 Å². The summed E-state index contributed by atoms with van der Waals surface area (Å²) >= 11 is 4.65. The highest BCUT2D eigenvalue weighted by molar-refractivity contribution is 7.93. The number of aryl methyl sites for hydroxylation is 1. The fraction of sp³-hybridized carbons (Fsp3) is 0.625. The predicted octanol–water partition coefficient (Wildman–Crippen LogP) is -0.608. The third-order valence-electron chi connectivity index (χ3n) is 2.33. The third-order valence-corrected chi connectivity index (χ3v) is 4.57. The second-order valence-corrected chi connectivity index (χ2v) is 6.00. The highest BCUT2D eigenvalue weighted by atomic mass is 32.2. The molecular formula is C8H15N5O2S2. The normalized spacial score (nSPS) is 13.5. The van der Waals surface area contributed by atoms with Gasteiger partial charge in [0.05, 0.1) is 11.5 Å². The number of hydrogen-bond acceptors (Lipinski definition) is 5. The molecule has 0 amide bonds. The largest absolute Gasteiger partial charge is 0.392 e. The van der Waals surface area contributed by atoms with Gasteiger partial charge in [-0.25, -0.2) is 13.1 Å². The lowest BCUT2D eigenvalue weighted by Crippen LogP contribution is -2.40. The van der Waals surface area contributed by atoms with Gasteiger partial charge in [-0.3, -0.25) is 0 Å². The maximum Gasteiger partial charge on any atom is 0.221 e. The zero-order valence-electron chi connectivity index (χ0n) is 9.62. The van der Waals surface area contributed by atoms with Gasteiger partial charge in [-0.15, -0.1) is 10.2 Å². The van der Waals surface area contributed by atoms with Gasteiger partial charge in [0.15, 0.2) is 0 Å². The highest BCUT2D eigenvalue weighted by Gasteiger charge is 2.23. The Balaban J connectivity index is 2.71. The zero-order chi connectivity index (χ0) is 13.1. The minimum atomic E-state index is -3.56. The molecule has 1 rings (SSSR count). The smallest absolute Gasteiger partial charge is 0.221 e. The van der Waals surface area contributed by atoms with Crippen LogP contribution in [0, 0.1) is 0 Å². The Morgan fingerprint density at radius 3 is 2.88 bits per heavy atom. The van der Waals surface area contributed by atoms with Crippen LogP contribution in [0.15, 0.2) is 6.33 Å². The molecule has 0 fully saturated rings. The van der Waals surface area contributed by atoms with Crippen LogP contribution in [0.5, 0.6) is 0 Å². The zero-order valence-corrected chi connectivity index (χ0v) is 11.3. The molecule has 0 aliphatic heterocycles. The summed E-state index contributed by atoms with van der Waals surface area (Å²) < 4.78 is 27.6. The summed E-state index contributed by atoms with van der Waals surface area (Å²) in [5.41, 5.74) is 5.31. The first-order chi connectivity index (χ1) is 7.88. The van der Waals surface area contributed by atoms with E-state index in [-0.39, 0.29) is 11.5 Å². The molecule has 0 saturated carbocycles. The van der Waals surface area contributed by atoms with E-state index in [1.54, 1.807) is 10.9 Å². The van der Waals surface area contributed by atoms with Crippen molar-refractivity contribution >= 4 is 27.2 Å². The molecule has 0 radical (unpaired) electrons. The second kappa shape index (κ2) is 5.52. The van der Waals surface area contributed by atoms with Gasteiger partial charge in [-0.2, -0.15) is 0 Å². The Morgan fingerprint density at radius 2 is 2.35 bits per heavy atom. The molecule has 1 heterocycles. The molecule has 9 heteroatoms. The van der Waals surface area contributed by atoms with Crippen LogP contribution in [0.4, 0.5) is 0 Å². The van der Waals surface area contributed by atoms with E-state index < -0.39 is 15.3 Å².